The summed E-state index contributed by atoms with van der Waals surface area (Å²) in [6.07, 6.45) is 0.986. The van der Waals surface area contributed by atoms with Crippen LogP contribution in [0.25, 0.3) is 0 Å². The fourth-order valence-electron chi connectivity index (χ4n) is 2.16. The number of hydrogen-bond donors (Lipinski definition) is 1. The highest BCUT2D eigenvalue weighted by atomic mass is 79.9. The third-order valence-corrected chi connectivity index (χ3v) is 4.11. The number of carbonyl (C=O) groups excluding carboxylic acids is 1. The molecule has 0 radical (unpaired) electrons. The normalized spacial score (nSPS) is 16.4. The van der Waals surface area contributed by atoms with Gasteiger partial charge in [-0.2, -0.15) is 0 Å². The zero-order chi connectivity index (χ0) is 14.0. The van der Waals surface area contributed by atoms with Crippen LogP contribution in [0.3, 0.4) is 0 Å². The summed E-state index contributed by atoms with van der Waals surface area (Å²) in [5.41, 5.74) is 0.449. The molecule has 1 heterocycles. The fraction of sp³-hybridized carbons (Fsp3) is 0.385. The molecule has 102 valence electrons. The lowest BCUT2D eigenvalue weighted by Crippen LogP contribution is -2.40. The molecule has 1 saturated heterocycles. The van der Waals surface area contributed by atoms with Gasteiger partial charge in [0.05, 0.1) is 16.5 Å². The Morgan fingerprint density at radius 3 is 2.53 bits per heavy atom. The van der Waals surface area contributed by atoms with E-state index in [0.717, 1.165) is 4.47 Å². The number of amides is 1. The smallest absolute Gasteiger partial charge is 0.306 e. The van der Waals surface area contributed by atoms with Crippen LogP contribution in [0.15, 0.2) is 22.7 Å². The summed E-state index contributed by atoms with van der Waals surface area (Å²) in [5, 5.41) is 9.34. The number of aliphatic carboxylic acids is 1. The highest BCUT2D eigenvalue weighted by Crippen LogP contribution is 2.25. The number of carboxylic acid groups (broad SMARTS) is 1. The van der Waals surface area contributed by atoms with Crippen LogP contribution < -0.4 is 0 Å². The third-order valence-electron chi connectivity index (χ3n) is 3.29. The lowest BCUT2D eigenvalue weighted by atomic mass is 9.96. The van der Waals surface area contributed by atoms with E-state index in [4.69, 9.17) is 16.7 Å². The van der Waals surface area contributed by atoms with Gasteiger partial charge in [0.25, 0.3) is 5.91 Å². The van der Waals surface area contributed by atoms with E-state index in [1.165, 1.54) is 0 Å². The Morgan fingerprint density at radius 2 is 1.95 bits per heavy atom. The lowest BCUT2D eigenvalue weighted by molar-refractivity contribution is -0.143. The van der Waals surface area contributed by atoms with Crippen molar-refractivity contribution in [2.75, 3.05) is 13.1 Å². The van der Waals surface area contributed by atoms with Gasteiger partial charge in [-0.3, -0.25) is 9.59 Å². The maximum Gasteiger partial charge on any atom is 0.306 e. The minimum atomic E-state index is -0.785. The molecule has 1 aliphatic heterocycles. The Morgan fingerprint density at radius 1 is 1.32 bits per heavy atom. The summed E-state index contributed by atoms with van der Waals surface area (Å²) in [6, 6.07) is 5.13. The van der Waals surface area contributed by atoms with Crippen molar-refractivity contribution < 1.29 is 14.7 Å². The first kappa shape index (κ1) is 14.3. The van der Waals surface area contributed by atoms with Gasteiger partial charge >= 0.3 is 5.97 Å². The monoisotopic (exact) mass is 345 g/mol. The van der Waals surface area contributed by atoms with Crippen LogP contribution in [-0.4, -0.2) is 35.0 Å². The van der Waals surface area contributed by atoms with E-state index in [9.17, 15) is 9.59 Å². The molecule has 4 nitrogen and oxygen atoms in total. The molecule has 0 aliphatic carbocycles. The average molecular weight is 347 g/mol. The Kier molecular flexibility index (Phi) is 4.47. The lowest BCUT2D eigenvalue weighted by Gasteiger charge is -2.30. The van der Waals surface area contributed by atoms with E-state index in [0.29, 0.717) is 36.5 Å². The minimum absolute atomic E-state index is 0.143. The number of carboxylic acids is 1. The molecule has 6 heteroatoms. The molecule has 0 atom stereocenters. The number of likely N-dealkylation sites (tertiary alicyclic amines) is 1. The predicted molar refractivity (Wildman–Crippen MR) is 75.4 cm³/mol. The first-order valence-corrected chi connectivity index (χ1v) is 7.13. The van der Waals surface area contributed by atoms with Crippen molar-refractivity contribution in [1.82, 2.24) is 4.90 Å². The molecule has 1 aromatic carbocycles. The Balaban J connectivity index is 2.09. The maximum absolute atomic E-state index is 12.3. The zero-order valence-corrected chi connectivity index (χ0v) is 12.4. The summed E-state index contributed by atoms with van der Waals surface area (Å²) in [5.74, 6) is -1.27. The Labute approximate surface area is 124 Å². The number of piperidine rings is 1. The van der Waals surface area contributed by atoms with Gasteiger partial charge in [-0.15, -0.1) is 0 Å². The van der Waals surface area contributed by atoms with Crippen molar-refractivity contribution >= 4 is 39.4 Å². The predicted octanol–water partition coefficient (Wildman–Crippen LogP) is 3.04. The SMILES string of the molecule is O=C(O)C1CCN(C(=O)c2cc(Br)ccc2Cl)CC1. The topological polar surface area (TPSA) is 57.6 Å². The summed E-state index contributed by atoms with van der Waals surface area (Å²) in [7, 11) is 0. The number of carbonyl (C=O) groups is 2. The summed E-state index contributed by atoms with van der Waals surface area (Å²) < 4.78 is 0.792. The van der Waals surface area contributed by atoms with Crippen LogP contribution in [0.5, 0.6) is 0 Å². The molecular formula is C13H13BrClNO3. The summed E-state index contributed by atoms with van der Waals surface area (Å²) in [4.78, 5) is 24.9. The van der Waals surface area contributed by atoms with E-state index in [1.807, 2.05) is 0 Å². The van der Waals surface area contributed by atoms with E-state index < -0.39 is 5.97 Å². The van der Waals surface area contributed by atoms with Gasteiger partial charge < -0.3 is 10.0 Å². The average Bonchev–Trinajstić information content (AvgIpc) is 2.41. The van der Waals surface area contributed by atoms with Crippen LogP contribution in [0, 0.1) is 5.92 Å². The van der Waals surface area contributed by atoms with Gasteiger partial charge in [-0.25, -0.2) is 0 Å². The van der Waals surface area contributed by atoms with Gasteiger partial charge in [0.2, 0.25) is 0 Å². The third kappa shape index (κ3) is 3.28. The second-order valence-electron chi connectivity index (χ2n) is 4.53. The van der Waals surface area contributed by atoms with E-state index in [-0.39, 0.29) is 11.8 Å². The molecule has 0 spiro atoms. The first-order valence-electron chi connectivity index (χ1n) is 5.96. The van der Waals surface area contributed by atoms with Gasteiger partial charge in [-0.1, -0.05) is 27.5 Å². The second kappa shape index (κ2) is 5.92. The van der Waals surface area contributed by atoms with Crippen LogP contribution in [-0.2, 0) is 4.79 Å². The van der Waals surface area contributed by atoms with Crippen molar-refractivity contribution in [2.24, 2.45) is 5.92 Å². The molecule has 1 amide bonds. The van der Waals surface area contributed by atoms with Crippen molar-refractivity contribution in [3.8, 4) is 0 Å². The number of rotatable bonds is 2. The van der Waals surface area contributed by atoms with Gasteiger partial charge in [0, 0.05) is 17.6 Å². The highest BCUT2D eigenvalue weighted by molar-refractivity contribution is 9.10. The molecule has 1 aliphatic rings. The van der Waals surface area contributed by atoms with Gasteiger partial charge in [-0.05, 0) is 31.0 Å². The largest absolute Gasteiger partial charge is 0.481 e. The van der Waals surface area contributed by atoms with Crippen molar-refractivity contribution in [3.63, 3.8) is 0 Å². The molecule has 0 aromatic heterocycles. The minimum Gasteiger partial charge on any atom is -0.481 e. The molecule has 2 rings (SSSR count). The van der Waals surface area contributed by atoms with Crippen LogP contribution in [0.1, 0.15) is 23.2 Å². The maximum atomic E-state index is 12.3. The molecule has 1 N–H and O–H groups in total. The van der Waals surface area contributed by atoms with E-state index >= 15 is 0 Å². The van der Waals surface area contributed by atoms with E-state index in [2.05, 4.69) is 15.9 Å². The molecule has 1 fully saturated rings. The molecular weight excluding hydrogens is 334 g/mol. The molecule has 0 saturated carbocycles. The zero-order valence-electron chi connectivity index (χ0n) is 10.1. The van der Waals surface area contributed by atoms with Crippen molar-refractivity contribution in [2.45, 2.75) is 12.8 Å². The Hall–Kier alpha value is -1.07. The second-order valence-corrected chi connectivity index (χ2v) is 5.85. The van der Waals surface area contributed by atoms with Gasteiger partial charge in [0.1, 0.15) is 0 Å². The fourth-order valence-corrected chi connectivity index (χ4v) is 2.72. The number of nitrogens with zero attached hydrogens (tertiary/aromatic N) is 1. The summed E-state index contributed by atoms with van der Waals surface area (Å²) in [6.45, 7) is 0.914. The number of benzene rings is 1. The van der Waals surface area contributed by atoms with Crippen LogP contribution in [0.4, 0.5) is 0 Å². The Bertz CT molecular complexity index is 513. The number of halogens is 2. The summed E-state index contributed by atoms with van der Waals surface area (Å²) >= 11 is 9.34. The first-order chi connectivity index (χ1) is 8.99. The number of hydrogen-bond acceptors (Lipinski definition) is 2. The molecule has 0 bridgehead atoms. The van der Waals surface area contributed by atoms with Gasteiger partial charge in [0.15, 0.2) is 0 Å². The standard InChI is InChI=1S/C13H13BrClNO3/c14-9-1-2-11(15)10(7-9)12(17)16-5-3-8(4-6-16)13(18)19/h1-2,7-8H,3-6H2,(H,18,19). The van der Waals surface area contributed by atoms with Crippen LogP contribution in [0.2, 0.25) is 5.02 Å². The molecule has 19 heavy (non-hydrogen) atoms. The quantitative estimate of drug-likeness (QED) is 0.895. The molecule has 1 aromatic rings. The highest BCUT2D eigenvalue weighted by Gasteiger charge is 2.28. The van der Waals surface area contributed by atoms with E-state index in [1.54, 1.807) is 23.1 Å². The van der Waals surface area contributed by atoms with Crippen molar-refractivity contribution in [1.29, 1.82) is 0 Å². The van der Waals surface area contributed by atoms with Crippen LogP contribution >= 0.6 is 27.5 Å². The molecule has 0 unspecified atom stereocenters. The van der Waals surface area contributed by atoms with Crippen molar-refractivity contribution in [3.05, 3.63) is 33.3 Å².